The molecule has 0 heterocycles. The SMILES string of the molecule is CCN(CC)c1ccc(C(=O)N/N=C\C=C\c2ccccc2[N+](=O)[O-])cc1. The lowest BCUT2D eigenvalue weighted by Crippen LogP contribution is -2.22. The maximum absolute atomic E-state index is 12.1. The maximum atomic E-state index is 12.1. The molecule has 7 nitrogen and oxygen atoms in total. The van der Waals surface area contributed by atoms with Gasteiger partial charge in [-0.05, 0) is 56.3 Å². The fraction of sp³-hybridized carbons (Fsp3) is 0.200. The molecular weight excluding hydrogens is 344 g/mol. The van der Waals surface area contributed by atoms with Gasteiger partial charge in [-0.3, -0.25) is 14.9 Å². The number of nitro benzene ring substituents is 1. The van der Waals surface area contributed by atoms with Crippen molar-refractivity contribution in [3.8, 4) is 0 Å². The minimum atomic E-state index is -0.444. The first-order valence-corrected chi connectivity index (χ1v) is 8.65. The molecule has 0 unspecified atom stereocenters. The quantitative estimate of drug-likeness (QED) is 0.436. The lowest BCUT2D eigenvalue weighted by molar-refractivity contribution is -0.385. The smallest absolute Gasteiger partial charge is 0.276 e. The van der Waals surface area contributed by atoms with Crippen molar-refractivity contribution in [3.05, 3.63) is 75.8 Å². The molecule has 0 saturated heterocycles. The van der Waals surface area contributed by atoms with E-state index in [1.807, 2.05) is 12.1 Å². The van der Waals surface area contributed by atoms with Gasteiger partial charge in [0.05, 0.1) is 10.5 Å². The number of hydrogen-bond donors (Lipinski definition) is 1. The van der Waals surface area contributed by atoms with Crippen LogP contribution in [0, 0.1) is 10.1 Å². The largest absolute Gasteiger partial charge is 0.372 e. The average Bonchev–Trinajstić information content (AvgIpc) is 2.69. The number of anilines is 1. The highest BCUT2D eigenvalue weighted by molar-refractivity contribution is 5.95. The summed E-state index contributed by atoms with van der Waals surface area (Å²) in [6, 6.07) is 13.7. The zero-order valence-corrected chi connectivity index (χ0v) is 15.3. The van der Waals surface area contributed by atoms with Gasteiger partial charge in [-0.25, -0.2) is 5.43 Å². The summed E-state index contributed by atoms with van der Waals surface area (Å²) in [4.78, 5) is 24.8. The van der Waals surface area contributed by atoms with Gasteiger partial charge in [0.1, 0.15) is 0 Å². The van der Waals surface area contributed by atoms with E-state index in [1.54, 1.807) is 36.4 Å². The number of nitrogens with one attached hydrogen (secondary N) is 1. The number of amides is 1. The molecule has 2 aromatic rings. The van der Waals surface area contributed by atoms with Crippen LogP contribution in [-0.4, -0.2) is 30.1 Å². The Hall–Kier alpha value is -3.48. The molecule has 0 aliphatic rings. The van der Waals surface area contributed by atoms with Gasteiger partial charge < -0.3 is 4.90 Å². The van der Waals surface area contributed by atoms with Crippen LogP contribution >= 0.6 is 0 Å². The molecule has 0 aromatic heterocycles. The van der Waals surface area contributed by atoms with Crippen LogP contribution in [-0.2, 0) is 0 Å². The molecule has 0 fully saturated rings. The lowest BCUT2D eigenvalue weighted by Gasteiger charge is -2.20. The van der Waals surface area contributed by atoms with Crippen LogP contribution in [0.25, 0.3) is 6.08 Å². The number of benzene rings is 2. The highest BCUT2D eigenvalue weighted by Crippen LogP contribution is 2.18. The molecule has 0 atom stereocenters. The molecule has 1 amide bonds. The van der Waals surface area contributed by atoms with Crippen molar-refractivity contribution in [1.29, 1.82) is 0 Å². The van der Waals surface area contributed by atoms with E-state index in [0.29, 0.717) is 11.1 Å². The number of para-hydroxylation sites is 1. The van der Waals surface area contributed by atoms with Gasteiger partial charge in [-0.15, -0.1) is 0 Å². The molecule has 0 saturated carbocycles. The van der Waals surface area contributed by atoms with E-state index < -0.39 is 4.92 Å². The van der Waals surface area contributed by atoms with Gasteiger partial charge in [0, 0.05) is 36.6 Å². The normalized spacial score (nSPS) is 11.0. The Balaban J connectivity index is 1.94. The highest BCUT2D eigenvalue weighted by atomic mass is 16.6. The minimum absolute atomic E-state index is 0.0134. The second-order valence-electron chi connectivity index (χ2n) is 5.61. The van der Waals surface area contributed by atoms with Crippen molar-refractivity contribution in [3.63, 3.8) is 0 Å². The van der Waals surface area contributed by atoms with Gasteiger partial charge in [0.2, 0.25) is 0 Å². The molecule has 0 aliphatic carbocycles. The van der Waals surface area contributed by atoms with E-state index in [1.165, 1.54) is 18.4 Å². The molecule has 2 rings (SSSR count). The zero-order valence-electron chi connectivity index (χ0n) is 15.3. The molecule has 0 aliphatic heterocycles. The van der Waals surface area contributed by atoms with Gasteiger partial charge in [-0.2, -0.15) is 5.10 Å². The van der Waals surface area contributed by atoms with E-state index in [0.717, 1.165) is 18.8 Å². The third-order valence-electron chi connectivity index (χ3n) is 3.99. The van der Waals surface area contributed by atoms with Crippen molar-refractivity contribution in [1.82, 2.24) is 5.43 Å². The fourth-order valence-corrected chi connectivity index (χ4v) is 2.56. The zero-order chi connectivity index (χ0) is 19.6. The average molecular weight is 366 g/mol. The lowest BCUT2D eigenvalue weighted by atomic mass is 10.1. The second kappa shape index (κ2) is 9.86. The summed E-state index contributed by atoms with van der Waals surface area (Å²) in [6.45, 7) is 5.96. The molecule has 0 bridgehead atoms. The first-order chi connectivity index (χ1) is 13.1. The van der Waals surface area contributed by atoms with Gasteiger partial charge >= 0.3 is 0 Å². The van der Waals surface area contributed by atoms with Crippen molar-refractivity contribution in [2.75, 3.05) is 18.0 Å². The molecule has 0 spiro atoms. The van der Waals surface area contributed by atoms with Gasteiger partial charge in [0.15, 0.2) is 0 Å². The Kier molecular flexibility index (Phi) is 7.25. The Morgan fingerprint density at radius 2 is 1.81 bits per heavy atom. The van der Waals surface area contributed by atoms with E-state index >= 15 is 0 Å². The molecule has 140 valence electrons. The molecule has 1 N–H and O–H groups in total. The summed E-state index contributed by atoms with van der Waals surface area (Å²) in [5, 5.41) is 14.8. The number of hydrazone groups is 1. The van der Waals surface area contributed by atoms with E-state index in [9.17, 15) is 14.9 Å². The second-order valence-corrected chi connectivity index (χ2v) is 5.61. The van der Waals surface area contributed by atoms with Gasteiger partial charge in [-0.1, -0.05) is 12.1 Å². The van der Waals surface area contributed by atoms with Crippen molar-refractivity contribution in [2.45, 2.75) is 13.8 Å². The van der Waals surface area contributed by atoms with Crippen LogP contribution in [0.1, 0.15) is 29.8 Å². The first kappa shape index (κ1) is 19.8. The minimum Gasteiger partial charge on any atom is -0.372 e. The monoisotopic (exact) mass is 366 g/mol. The molecule has 2 aromatic carbocycles. The summed E-state index contributed by atoms with van der Waals surface area (Å²) < 4.78 is 0. The van der Waals surface area contributed by atoms with Crippen LogP contribution in [0.4, 0.5) is 11.4 Å². The summed E-state index contributed by atoms with van der Waals surface area (Å²) in [6.07, 6.45) is 4.47. The Labute approximate surface area is 158 Å². The molecular formula is C20H22N4O3. The Morgan fingerprint density at radius 3 is 2.44 bits per heavy atom. The molecule has 0 radical (unpaired) electrons. The number of hydrogen-bond acceptors (Lipinski definition) is 5. The van der Waals surface area contributed by atoms with Crippen LogP contribution in [0.5, 0.6) is 0 Å². The topological polar surface area (TPSA) is 87.8 Å². The number of carbonyl (C=O) groups excluding carboxylic acids is 1. The summed E-state index contributed by atoms with van der Waals surface area (Å²) in [5.41, 5.74) is 4.48. The van der Waals surface area contributed by atoms with Crippen molar-refractivity contribution < 1.29 is 9.72 Å². The van der Waals surface area contributed by atoms with Crippen LogP contribution < -0.4 is 10.3 Å². The van der Waals surface area contributed by atoms with E-state index in [4.69, 9.17) is 0 Å². The van der Waals surface area contributed by atoms with Crippen LogP contribution in [0.15, 0.2) is 59.7 Å². The summed E-state index contributed by atoms with van der Waals surface area (Å²) in [5.74, 6) is -0.323. The third-order valence-corrected chi connectivity index (χ3v) is 3.99. The fourth-order valence-electron chi connectivity index (χ4n) is 2.56. The van der Waals surface area contributed by atoms with Gasteiger partial charge in [0.25, 0.3) is 11.6 Å². The standard InChI is InChI=1S/C20H22N4O3/c1-3-23(4-2)18-13-11-17(12-14-18)20(25)22-21-15-7-9-16-8-5-6-10-19(16)24(26)27/h5-15H,3-4H2,1-2H3,(H,22,25)/b9-7+,21-15-. The molecule has 7 heteroatoms. The number of carbonyl (C=O) groups is 1. The maximum Gasteiger partial charge on any atom is 0.276 e. The highest BCUT2D eigenvalue weighted by Gasteiger charge is 2.09. The molecule has 27 heavy (non-hydrogen) atoms. The number of rotatable bonds is 8. The predicted octanol–water partition coefficient (Wildman–Crippen LogP) is 3.87. The van der Waals surface area contributed by atoms with E-state index in [2.05, 4.69) is 29.3 Å². The summed E-state index contributed by atoms with van der Waals surface area (Å²) >= 11 is 0. The number of nitro groups is 1. The Bertz CT molecular complexity index is 841. The number of allylic oxidation sites excluding steroid dienone is 1. The first-order valence-electron chi connectivity index (χ1n) is 8.65. The van der Waals surface area contributed by atoms with Crippen LogP contribution in [0.3, 0.4) is 0 Å². The Morgan fingerprint density at radius 1 is 1.15 bits per heavy atom. The third kappa shape index (κ3) is 5.50. The van der Waals surface area contributed by atoms with Crippen molar-refractivity contribution >= 4 is 29.6 Å². The van der Waals surface area contributed by atoms with E-state index in [-0.39, 0.29) is 11.6 Å². The van der Waals surface area contributed by atoms with Crippen molar-refractivity contribution in [2.24, 2.45) is 5.10 Å². The number of nitrogens with zero attached hydrogens (tertiary/aromatic N) is 3. The summed E-state index contributed by atoms with van der Waals surface area (Å²) in [7, 11) is 0. The predicted molar refractivity (Wildman–Crippen MR) is 108 cm³/mol. The van der Waals surface area contributed by atoms with Crippen LogP contribution in [0.2, 0.25) is 0 Å².